The molecule has 0 atom stereocenters. The maximum Gasteiger partial charge on any atom is 0.238 e. The van der Waals surface area contributed by atoms with Crippen molar-refractivity contribution in [2.45, 2.75) is 36.2 Å². The second-order valence-corrected chi connectivity index (χ2v) is 8.78. The van der Waals surface area contributed by atoms with E-state index < -0.39 is 10.0 Å². The van der Waals surface area contributed by atoms with E-state index in [-0.39, 0.29) is 4.90 Å². The van der Waals surface area contributed by atoms with Crippen LogP contribution in [0.1, 0.15) is 18.2 Å². The van der Waals surface area contributed by atoms with E-state index in [1.807, 2.05) is 42.8 Å². The van der Waals surface area contributed by atoms with Gasteiger partial charge in [0, 0.05) is 24.7 Å². The second-order valence-electron chi connectivity index (χ2n) is 6.28. The standard InChI is InChI=1S/C18H19N5O2S2/c1-3-23-16-7-6-14(27(19,24)25)9-15(16)21-18(23)26-11-13-10-22-8-4-5-12(2)17(22)20-13/h4-10H,3,11H2,1-2H3,(H2,19,24,25). The van der Waals surface area contributed by atoms with Crippen LogP contribution in [0.15, 0.2) is 52.8 Å². The predicted octanol–water partition coefficient (Wildman–Crippen LogP) is 2.95. The number of pyridine rings is 1. The Labute approximate surface area is 161 Å². The topological polar surface area (TPSA) is 95.3 Å². The molecule has 1 aromatic carbocycles. The van der Waals surface area contributed by atoms with Crippen LogP contribution in [0.25, 0.3) is 16.7 Å². The Hall–Kier alpha value is -2.36. The molecule has 4 aromatic rings. The zero-order chi connectivity index (χ0) is 19.2. The second kappa shape index (κ2) is 6.66. The number of sulfonamides is 1. The van der Waals surface area contributed by atoms with Crippen LogP contribution in [0.3, 0.4) is 0 Å². The van der Waals surface area contributed by atoms with Crippen LogP contribution >= 0.6 is 11.8 Å². The third kappa shape index (κ3) is 3.33. The van der Waals surface area contributed by atoms with Crippen molar-refractivity contribution in [2.24, 2.45) is 5.14 Å². The molecule has 0 bridgehead atoms. The van der Waals surface area contributed by atoms with Crippen LogP contribution in [-0.4, -0.2) is 27.4 Å². The van der Waals surface area contributed by atoms with Crippen molar-refractivity contribution in [3.05, 3.63) is 54.0 Å². The van der Waals surface area contributed by atoms with E-state index >= 15 is 0 Å². The van der Waals surface area contributed by atoms with Crippen molar-refractivity contribution < 1.29 is 8.42 Å². The number of benzene rings is 1. The monoisotopic (exact) mass is 401 g/mol. The molecule has 0 radical (unpaired) electrons. The van der Waals surface area contributed by atoms with Gasteiger partial charge in [-0.1, -0.05) is 17.8 Å². The van der Waals surface area contributed by atoms with E-state index in [2.05, 4.69) is 9.55 Å². The number of thioether (sulfide) groups is 1. The molecule has 2 N–H and O–H groups in total. The van der Waals surface area contributed by atoms with Gasteiger partial charge in [-0.2, -0.15) is 0 Å². The molecule has 3 heterocycles. The first-order valence-electron chi connectivity index (χ1n) is 8.46. The largest absolute Gasteiger partial charge is 0.319 e. The molecule has 0 saturated carbocycles. The zero-order valence-electron chi connectivity index (χ0n) is 15.0. The third-order valence-electron chi connectivity index (χ3n) is 4.41. The van der Waals surface area contributed by atoms with Gasteiger partial charge in [-0.3, -0.25) is 0 Å². The zero-order valence-corrected chi connectivity index (χ0v) is 16.6. The summed E-state index contributed by atoms with van der Waals surface area (Å²) in [4.78, 5) is 9.38. The van der Waals surface area contributed by atoms with Crippen molar-refractivity contribution in [1.29, 1.82) is 0 Å². The Morgan fingerprint density at radius 3 is 2.74 bits per heavy atom. The van der Waals surface area contributed by atoms with Gasteiger partial charge >= 0.3 is 0 Å². The Morgan fingerprint density at radius 2 is 2.04 bits per heavy atom. The van der Waals surface area contributed by atoms with E-state index in [1.54, 1.807) is 17.8 Å². The molecule has 0 aliphatic carbocycles. The van der Waals surface area contributed by atoms with Gasteiger partial charge in [0.15, 0.2) is 5.16 Å². The van der Waals surface area contributed by atoms with Gasteiger partial charge in [0.25, 0.3) is 0 Å². The number of primary sulfonamides is 1. The highest BCUT2D eigenvalue weighted by Crippen LogP contribution is 2.28. The van der Waals surface area contributed by atoms with Crippen molar-refractivity contribution in [3.8, 4) is 0 Å². The van der Waals surface area contributed by atoms with E-state index in [0.29, 0.717) is 11.3 Å². The summed E-state index contributed by atoms with van der Waals surface area (Å²) in [6, 6.07) is 8.84. The van der Waals surface area contributed by atoms with Crippen molar-refractivity contribution in [3.63, 3.8) is 0 Å². The highest BCUT2D eigenvalue weighted by atomic mass is 32.2. The summed E-state index contributed by atoms with van der Waals surface area (Å²) in [5.41, 5.74) is 4.56. The lowest BCUT2D eigenvalue weighted by atomic mass is 10.3. The highest BCUT2D eigenvalue weighted by Gasteiger charge is 2.15. The van der Waals surface area contributed by atoms with E-state index in [9.17, 15) is 8.42 Å². The minimum atomic E-state index is -3.75. The normalized spacial score (nSPS) is 12.3. The molecule has 0 unspecified atom stereocenters. The molecule has 0 aliphatic heterocycles. The molecule has 3 aromatic heterocycles. The predicted molar refractivity (Wildman–Crippen MR) is 106 cm³/mol. The summed E-state index contributed by atoms with van der Waals surface area (Å²) in [6.45, 7) is 4.81. The molecule has 4 rings (SSSR count). The van der Waals surface area contributed by atoms with Gasteiger partial charge in [-0.05, 0) is 43.7 Å². The minimum Gasteiger partial charge on any atom is -0.319 e. The number of aryl methyl sites for hydroxylation is 2. The average molecular weight is 402 g/mol. The number of imidazole rings is 2. The number of hydrogen-bond acceptors (Lipinski definition) is 5. The molecule has 0 spiro atoms. The summed E-state index contributed by atoms with van der Waals surface area (Å²) >= 11 is 1.58. The number of rotatable bonds is 5. The van der Waals surface area contributed by atoms with Gasteiger partial charge in [0.1, 0.15) is 5.65 Å². The van der Waals surface area contributed by atoms with Gasteiger partial charge in [0.05, 0.1) is 21.6 Å². The lowest BCUT2D eigenvalue weighted by molar-refractivity contribution is 0.598. The fraction of sp³-hybridized carbons (Fsp3) is 0.222. The van der Waals surface area contributed by atoms with Crippen molar-refractivity contribution in [1.82, 2.24) is 18.9 Å². The van der Waals surface area contributed by atoms with Crippen LogP contribution in [0, 0.1) is 6.92 Å². The summed E-state index contributed by atoms with van der Waals surface area (Å²) in [5, 5.41) is 6.06. The number of hydrogen-bond donors (Lipinski definition) is 1. The maximum absolute atomic E-state index is 11.6. The molecule has 0 amide bonds. The quantitative estimate of drug-likeness (QED) is 0.519. The van der Waals surface area contributed by atoms with E-state index in [1.165, 1.54) is 12.1 Å². The summed E-state index contributed by atoms with van der Waals surface area (Å²) < 4.78 is 27.3. The van der Waals surface area contributed by atoms with Gasteiger partial charge < -0.3 is 8.97 Å². The summed E-state index contributed by atoms with van der Waals surface area (Å²) in [5.74, 6) is 0.673. The minimum absolute atomic E-state index is 0.0723. The van der Waals surface area contributed by atoms with Crippen molar-refractivity contribution >= 4 is 38.5 Å². The maximum atomic E-state index is 11.6. The lowest BCUT2D eigenvalue weighted by Crippen LogP contribution is -2.11. The average Bonchev–Trinajstić information content (AvgIpc) is 3.19. The SMILES string of the molecule is CCn1c(SCc2cn3cccc(C)c3n2)nc2cc(S(N)(=O)=O)ccc21. The summed E-state index contributed by atoms with van der Waals surface area (Å²) in [7, 11) is -3.75. The van der Waals surface area contributed by atoms with Crippen LogP contribution in [0.5, 0.6) is 0 Å². The lowest BCUT2D eigenvalue weighted by Gasteiger charge is -2.04. The number of nitrogens with zero attached hydrogens (tertiary/aromatic N) is 4. The highest BCUT2D eigenvalue weighted by molar-refractivity contribution is 7.98. The van der Waals surface area contributed by atoms with Gasteiger partial charge in [-0.15, -0.1) is 0 Å². The molecule has 0 saturated heterocycles. The number of fused-ring (bicyclic) bond motifs is 2. The molecule has 0 aliphatic rings. The van der Waals surface area contributed by atoms with E-state index in [4.69, 9.17) is 10.1 Å². The molecular formula is C18H19N5O2S2. The molecule has 140 valence electrons. The molecule has 27 heavy (non-hydrogen) atoms. The molecule has 9 heteroatoms. The van der Waals surface area contributed by atoms with E-state index in [0.717, 1.165) is 34.1 Å². The van der Waals surface area contributed by atoms with Gasteiger partial charge in [-0.25, -0.2) is 23.5 Å². The molecule has 7 nitrogen and oxygen atoms in total. The van der Waals surface area contributed by atoms with Crippen molar-refractivity contribution in [2.75, 3.05) is 0 Å². The summed E-state index contributed by atoms with van der Waals surface area (Å²) in [6.07, 6.45) is 4.01. The smallest absolute Gasteiger partial charge is 0.238 e. The Kier molecular flexibility index (Phi) is 4.45. The first-order chi connectivity index (χ1) is 12.9. The Balaban J connectivity index is 1.67. The fourth-order valence-corrected chi connectivity index (χ4v) is 4.59. The van der Waals surface area contributed by atoms with Crippen LogP contribution in [0.2, 0.25) is 0 Å². The van der Waals surface area contributed by atoms with Crippen LogP contribution < -0.4 is 5.14 Å². The van der Waals surface area contributed by atoms with Crippen LogP contribution in [-0.2, 0) is 22.3 Å². The Bertz CT molecular complexity index is 1260. The molecule has 0 fully saturated rings. The molecular weight excluding hydrogens is 382 g/mol. The number of nitrogens with two attached hydrogens (primary N) is 1. The Morgan fingerprint density at radius 1 is 1.22 bits per heavy atom. The number of aromatic nitrogens is 4. The fourth-order valence-electron chi connectivity index (χ4n) is 3.09. The van der Waals surface area contributed by atoms with Crippen LogP contribution in [0.4, 0.5) is 0 Å². The first-order valence-corrected chi connectivity index (χ1v) is 11.0. The third-order valence-corrected chi connectivity index (χ3v) is 6.33. The first kappa shape index (κ1) is 18.0. The van der Waals surface area contributed by atoms with Gasteiger partial charge in [0.2, 0.25) is 10.0 Å².